The van der Waals surface area contributed by atoms with Gasteiger partial charge in [-0.25, -0.2) is 0 Å². The summed E-state index contributed by atoms with van der Waals surface area (Å²) in [5.74, 6) is -0.882. The zero-order valence-corrected chi connectivity index (χ0v) is 10.4. The predicted octanol–water partition coefficient (Wildman–Crippen LogP) is 1.71. The van der Waals surface area contributed by atoms with Gasteiger partial charge in [-0.05, 0) is 12.5 Å². The van der Waals surface area contributed by atoms with Gasteiger partial charge in [-0.3, -0.25) is 19.7 Å². The van der Waals surface area contributed by atoms with Gasteiger partial charge in [0.2, 0.25) is 0 Å². The standard InChI is InChI=1S/C12H14N2O5/c1-13(6-2-3-12(16)17)11-5-4-10(14(18)19)7-9(11)8-15/h4-5,7-8H,2-3,6H2,1H3,(H,16,17). The summed E-state index contributed by atoms with van der Waals surface area (Å²) in [7, 11) is 1.70. The number of anilines is 1. The van der Waals surface area contributed by atoms with Crippen molar-refractivity contribution in [3.05, 3.63) is 33.9 Å². The summed E-state index contributed by atoms with van der Waals surface area (Å²) < 4.78 is 0. The predicted molar refractivity (Wildman–Crippen MR) is 68.6 cm³/mol. The molecule has 0 saturated carbocycles. The van der Waals surface area contributed by atoms with Crippen LogP contribution in [0.3, 0.4) is 0 Å². The van der Waals surface area contributed by atoms with Crippen molar-refractivity contribution in [2.45, 2.75) is 12.8 Å². The van der Waals surface area contributed by atoms with E-state index in [1.165, 1.54) is 18.2 Å². The molecular weight excluding hydrogens is 252 g/mol. The average molecular weight is 266 g/mol. The number of aldehydes is 1. The number of hydrogen-bond donors (Lipinski definition) is 1. The van der Waals surface area contributed by atoms with Crippen molar-refractivity contribution in [3.63, 3.8) is 0 Å². The lowest BCUT2D eigenvalue weighted by Gasteiger charge is -2.20. The van der Waals surface area contributed by atoms with Crippen LogP contribution in [0, 0.1) is 10.1 Å². The minimum absolute atomic E-state index is 0.0355. The molecule has 0 spiro atoms. The number of aliphatic carboxylic acids is 1. The lowest BCUT2D eigenvalue weighted by Crippen LogP contribution is -2.20. The third-order valence-corrected chi connectivity index (χ3v) is 2.64. The highest BCUT2D eigenvalue weighted by Crippen LogP contribution is 2.23. The van der Waals surface area contributed by atoms with Gasteiger partial charge in [-0.1, -0.05) is 0 Å². The number of benzene rings is 1. The van der Waals surface area contributed by atoms with E-state index in [4.69, 9.17) is 5.11 Å². The number of nitrogens with zero attached hydrogens (tertiary/aromatic N) is 2. The van der Waals surface area contributed by atoms with Crippen LogP contribution in [0.5, 0.6) is 0 Å². The number of carbonyl (C=O) groups is 2. The molecule has 1 aromatic rings. The van der Waals surface area contributed by atoms with E-state index in [2.05, 4.69) is 0 Å². The van der Waals surface area contributed by atoms with Gasteiger partial charge in [0.15, 0.2) is 6.29 Å². The van der Waals surface area contributed by atoms with Crippen LogP contribution in [-0.4, -0.2) is 35.9 Å². The lowest BCUT2D eigenvalue weighted by molar-refractivity contribution is -0.384. The molecule has 0 aromatic heterocycles. The van der Waals surface area contributed by atoms with Crippen molar-refractivity contribution < 1.29 is 19.6 Å². The minimum Gasteiger partial charge on any atom is -0.481 e. The fraction of sp³-hybridized carbons (Fsp3) is 0.333. The van der Waals surface area contributed by atoms with Gasteiger partial charge in [0.05, 0.1) is 4.92 Å². The molecule has 0 heterocycles. The molecule has 0 atom stereocenters. The van der Waals surface area contributed by atoms with E-state index in [-0.39, 0.29) is 17.7 Å². The minimum atomic E-state index is -0.882. The molecule has 1 rings (SSSR count). The summed E-state index contributed by atoms with van der Waals surface area (Å²) in [6.07, 6.45) is 1.02. The van der Waals surface area contributed by atoms with E-state index in [0.717, 1.165) is 0 Å². The third-order valence-electron chi connectivity index (χ3n) is 2.64. The third kappa shape index (κ3) is 4.06. The van der Waals surface area contributed by atoms with Crippen LogP contribution in [0.2, 0.25) is 0 Å². The van der Waals surface area contributed by atoms with Gasteiger partial charge in [-0.15, -0.1) is 0 Å². The molecular formula is C12H14N2O5. The van der Waals surface area contributed by atoms with Crippen LogP contribution in [0.15, 0.2) is 18.2 Å². The molecule has 102 valence electrons. The maximum absolute atomic E-state index is 10.9. The largest absolute Gasteiger partial charge is 0.481 e. The first-order valence-electron chi connectivity index (χ1n) is 5.62. The van der Waals surface area contributed by atoms with E-state index >= 15 is 0 Å². The highest BCUT2D eigenvalue weighted by atomic mass is 16.6. The Hall–Kier alpha value is -2.44. The topological polar surface area (TPSA) is 101 Å². The van der Waals surface area contributed by atoms with Crippen LogP contribution in [-0.2, 0) is 4.79 Å². The lowest BCUT2D eigenvalue weighted by atomic mass is 10.1. The molecule has 0 aliphatic heterocycles. The smallest absolute Gasteiger partial charge is 0.303 e. The fourth-order valence-corrected chi connectivity index (χ4v) is 1.69. The Morgan fingerprint density at radius 1 is 1.53 bits per heavy atom. The summed E-state index contributed by atoms with van der Waals surface area (Å²) >= 11 is 0. The van der Waals surface area contributed by atoms with Crippen molar-refractivity contribution in [2.24, 2.45) is 0 Å². The highest BCUT2D eigenvalue weighted by Gasteiger charge is 2.13. The van der Waals surface area contributed by atoms with Gasteiger partial charge >= 0.3 is 5.97 Å². The van der Waals surface area contributed by atoms with Crippen LogP contribution in [0.4, 0.5) is 11.4 Å². The van der Waals surface area contributed by atoms with Crippen LogP contribution in [0.1, 0.15) is 23.2 Å². The number of carboxylic acids is 1. The number of rotatable bonds is 7. The number of nitro benzene ring substituents is 1. The van der Waals surface area contributed by atoms with E-state index in [1.807, 2.05) is 0 Å². The second-order valence-electron chi connectivity index (χ2n) is 4.04. The normalized spacial score (nSPS) is 9.95. The maximum Gasteiger partial charge on any atom is 0.303 e. The summed E-state index contributed by atoms with van der Waals surface area (Å²) in [4.78, 5) is 33.1. The Kier molecular flexibility index (Phi) is 4.99. The van der Waals surface area contributed by atoms with Gasteiger partial charge in [0, 0.05) is 43.4 Å². The Morgan fingerprint density at radius 3 is 2.74 bits per heavy atom. The van der Waals surface area contributed by atoms with Crippen LogP contribution >= 0.6 is 0 Å². The van der Waals surface area contributed by atoms with E-state index < -0.39 is 10.9 Å². The van der Waals surface area contributed by atoms with Gasteiger partial charge < -0.3 is 10.0 Å². The number of carbonyl (C=O) groups excluding carboxylic acids is 1. The zero-order chi connectivity index (χ0) is 14.4. The fourth-order valence-electron chi connectivity index (χ4n) is 1.69. The number of hydrogen-bond acceptors (Lipinski definition) is 5. The summed E-state index contributed by atoms with van der Waals surface area (Å²) in [6.45, 7) is 0.449. The van der Waals surface area contributed by atoms with Crippen molar-refractivity contribution in [1.29, 1.82) is 0 Å². The van der Waals surface area contributed by atoms with Gasteiger partial charge in [0.25, 0.3) is 5.69 Å². The summed E-state index contributed by atoms with van der Waals surface area (Å²) in [6, 6.07) is 4.01. The first kappa shape index (κ1) is 14.6. The quantitative estimate of drug-likeness (QED) is 0.458. The van der Waals surface area contributed by atoms with E-state index in [9.17, 15) is 19.7 Å². The highest BCUT2D eigenvalue weighted by molar-refractivity contribution is 5.85. The first-order chi connectivity index (χ1) is 8.95. The first-order valence-corrected chi connectivity index (χ1v) is 5.62. The van der Waals surface area contributed by atoms with Crippen molar-refractivity contribution in [2.75, 3.05) is 18.5 Å². The van der Waals surface area contributed by atoms with E-state index in [1.54, 1.807) is 11.9 Å². The molecule has 7 nitrogen and oxygen atoms in total. The zero-order valence-electron chi connectivity index (χ0n) is 10.4. The molecule has 0 bridgehead atoms. The number of non-ortho nitro benzene ring substituents is 1. The van der Waals surface area contributed by atoms with Gasteiger partial charge in [-0.2, -0.15) is 0 Å². The maximum atomic E-state index is 10.9. The molecule has 1 N–H and O–H groups in total. The van der Waals surface area contributed by atoms with Crippen molar-refractivity contribution >= 4 is 23.6 Å². The van der Waals surface area contributed by atoms with Crippen molar-refractivity contribution in [3.8, 4) is 0 Å². The number of carboxylic acid groups (broad SMARTS) is 1. The molecule has 7 heteroatoms. The van der Waals surface area contributed by atoms with Crippen LogP contribution in [0.25, 0.3) is 0 Å². The molecule has 1 aromatic carbocycles. The average Bonchev–Trinajstić information content (AvgIpc) is 2.37. The summed E-state index contributed by atoms with van der Waals surface area (Å²) in [5.41, 5.74) is 0.614. The SMILES string of the molecule is CN(CCCC(=O)O)c1ccc([N+](=O)[O-])cc1C=O. The second kappa shape index (κ2) is 6.48. The number of nitro groups is 1. The molecule has 0 fully saturated rings. The second-order valence-corrected chi connectivity index (χ2v) is 4.04. The van der Waals surface area contributed by atoms with Gasteiger partial charge in [0.1, 0.15) is 0 Å². The molecule has 0 aliphatic carbocycles. The molecule has 0 saturated heterocycles. The molecule has 19 heavy (non-hydrogen) atoms. The molecule has 0 aliphatic rings. The molecule has 0 unspecified atom stereocenters. The monoisotopic (exact) mass is 266 g/mol. The summed E-state index contributed by atoms with van der Waals surface area (Å²) in [5, 5.41) is 19.2. The Balaban J connectivity index is 2.84. The Morgan fingerprint density at radius 2 is 2.21 bits per heavy atom. The van der Waals surface area contributed by atoms with Crippen LogP contribution < -0.4 is 4.90 Å². The molecule has 0 amide bonds. The van der Waals surface area contributed by atoms with E-state index in [0.29, 0.717) is 24.9 Å². The Labute approximate surface area is 109 Å². The Bertz CT molecular complexity index is 501. The molecule has 0 radical (unpaired) electrons. The van der Waals surface area contributed by atoms with Crippen molar-refractivity contribution in [1.82, 2.24) is 0 Å².